The molecule has 0 amide bonds. The van der Waals surface area contributed by atoms with E-state index in [4.69, 9.17) is 11.6 Å². The molecule has 5 heteroatoms. The summed E-state index contributed by atoms with van der Waals surface area (Å²) in [6.07, 6.45) is 8.87. The summed E-state index contributed by atoms with van der Waals surface area (Å²) >= 11 is 5.93. The lowest BCUT2D eigenvalue weighted by atomic mass is 9.93. The number of sulfonamides is 1. The Morgan fingerprint density at radius 3 is 2.29 bits per heavy atom. The summed E-state index contributed by atoms with van der Waals surface area (Å²) in [6, 6.07) is 18.2. The van der Waals surface area contributed by atoms with E-state index in [1.807, 2.05) is 24.3 Å². The van der Waals surface area contributed by atoms with Crippen LogP contribution in [0.4, 0.5) is 5.69 Å². The fourth-order valence-corrected chi connectivity index (χ4v) is 4.90. The Hall–Kier alpha value is -2.30. The zero-order valence-corrected chi connectivity index (χ0v) is 19.8. The maximum absolute atomic E-state index is 13.1. The number of unbranched alkanes of at least 4 members (excludes halogenated alkanes) is 3. The van der Waals surface area contributed by atoms with Gasteiger partial charge in [-0.25, -0.2) is 8.42 Å². The van der Waals surface area contributed by atoms with E-state index in [2.05, 4.69) is 36.8 Å². The van der Waals surface area contributed by atoms with Gasteiger partial charge in [0.2, 0.25) is 0 Å². The third kappa shape index (κ3) is 5.90. The van der Waals surface area contributed by atoms with Gasteiger partial charge in [0.15, 0.2) is 0 Å². The molecule has 164 valence electrons. The second-order valence-corrected chi connectivity index (χ2v) is 9.86. The zero-order chi connectivity index (χ0) is 22.3. The van der Waals surface area contributed by atoms with E-state index in [9.17, 15) is 8.42 Å². The lowest BCUT2D eigenvalue weighted by molar-refractivity contribution is 0.601. The Morgan fingerprint density at radius 2 is 1.61 bits per heavy atom. The smallest absolute Gasteiger partial charge is 0.261 e. The van der Waals surface area contributed by atoms with Crippen molar-refractivity contribution in [3.63, 3.8) is 0 Å². The maximum Gasteiger partial charge on any atom is 0.261 e. The summed E-state index contributed by atoms with van der Waals surface area (Å²) in [5.41, 5.74) is 3.00. The number of hydrogen-bond acceptors (Lipinski definition) is 2. The van der Waals surface area contributed by atoms with Gasteiger partial charge in [0.1, 0.15) is 0 Å². The van der Waals surface area contributed by atoms with Crippen molar-refractivity contribution in [2.75, 3.05) is 4.72 Å². The summed E-state index contributed by atoms with van der Waals surface area (Å²) in [4.78, 5) is 0.191. The topological polar surface area (TPSA) is 46.2 Å². The van der Waals surface area contributed by atoms with Gasteiger partial charge >= 0.3 is 0 Å². The van der Waals surface area contributed by atoms with E-state index in [1.165, 1.54) is 17.7 Å². The third-order valence-electron chi connectivity index (χ3n) is 5.37. The Kier molecular flexibility index (Phi) is 8.16. The van der Waals surface area contributed by atoms with Gasteiger partial charge in [-0.2, -0.15) is 0 Å². The van der Waals surface area contributed by atoms with Gasteiger partial charge in [0.25, 0.3) is 10.0 Å². The lowest BCUT2D eigenvalue weighted by Gasteiger charge is -2.16. The number of nitrogens with one attached hydrogen (secondary N) is 1. The summed E-state index contributed by atoms with van der Waals surface area (Å²) in [5, 5.41) is 2.47. The highest BCUT2D eigenvalue weighted by atomic mass is 35.5. The number of benzene rings is 3. The SMILES string of the molecule is CCCC/C=C(\CCCC)c1cccc2cccc(NS(=O)(=O)c3ccc(Cl)cc3)c12. The molecule has 3 aromatic carbocycles. The molecule has 0 aliphatic carbocycles. The highest BCUT2D eigenvalue weighted by molar-refractivity contribution is 7.92. The van der Waals surface area contributed by atoms with Crippen molar-refractivity contribution in [2.45, 2.75) is 57.3 Å². The third-order valence-corrected chi connectivity index (χ3v) is 7.00. The molecule has 0 saturated heterocycles. The highest BCUT2D eigenvalue weighted by Crippen LogP contribution is 2.35. The predicted octanol–water partition coefficient (Wildman–Crippen LogP) is 8.06. The molecule has 0 fully saturated rings. The maximum atomic E-state index is 13.1. The molecule has 0 radical (unpaired) electrons. The van der Waals surface area contributed by atoms with E-state index in [1.54, 1.807) is 12.1 Å². The monoisotopic (exact) mass is 455 g/mol. The number of anilines is 1. The normalized spacial score (nSPS) is 12.3. The molecule has 0 saturated carbocycles. The minimum Gasteiger partial charge on any atom is -0.279 e. The van der Waals surface area contributed by atoms with Crippen molar-refractivity contribution in [1.29, 1.82) is 0 Å². The van der Waals surface area contributed by atoms with Gasteiger partial charge in [-0.1, -0.05) is 81.1 Å². The second kappa shape index (κ2) is 10.8. The Morgan fingerprint density at radius 1 is 0.935 bits per heavy atom. The average Bonchev–Trinajstić information content (AvgIpc) is 2.76. The van der Waals surface area contributed by atoms with Gasteiger partial charge in [-0.3, -0.25) is 4.72 Å². The second-order valence-electron chi connectivity index (χ2n) is 7.74. The van der Waals surface area contributed by atoms with Crippen LogP contribution in [0.15, 0.2) is 71.6 Å². The molecule has 0 unspecified atom stereocenters. The number of halogens is 1. The molecule has 0 spiro atoms. The van der Waals surface area contributed by atoms with E-state index in [0.29, 0.717) is 10.7 Å². The fraction of sp³-hybridized carbons (Fsp3) is 0.308. The van der Waals surface area contributed by atoms with Crippen LogP contribution in [-0.4, -0.2) is 8.42 Å². The standard InChI is InChI=1S/C26H30ClNO2S/c1-3-5-7-11-20(10-6-4-2)24-14-8-12-21-13-9-15-25(26(21)24)28-31(29,30)23-18-16-22(27)17-19-23/h8-9,11-19,28H,3-7,10H2,1-2H3/b20-11+. The van der Waals surface area contributed by atoms with Crippen molar-refractivity contribution in [1.82, 2.24) is 0 Å². The van der Waals surface area contributed by atoms with Crippen LogP contribution in [0.5, 0.6) is 0 Å². The Labute approximate surface area is 191 Å². The molecule has 3 nitrogen and oxygen atoms in total. The first-order valence-corrected chi connectivity index (χ1v) is 12.8. The van der Waals surface area contributed by atoms with Crippen LogP contribution in [0.2, 0.25) is 5.02 Å². The number of rotatable bonds is 10. The van der Waals surface area contributed by atoms with Gasteiger partial charge in [-0.05, 0) is 66.1 Å². The number of hydrogen-bond donors (Lipinski definition) is 1. The predicted molar refractivity (Wildman–Crippen MR) is 133 cm³/mol. The lowest BCUT2D eigenvalue weighted by Crippen LogP contribution is -2.13. The first-order chi connectivity index (χ1) is 15.0. The van der Waals surface area contributed by atoms with Gasteiger partial charge in [0.05, 0.1) is 10.6 Å². The van der Waals surface area contributed by atoms with Crippen LogP contribution in [-0.2, 0) is 10.0 Å². The molecule has 0 aliphatic rings. The molecule has 0 bridgehead atoms. The quantitative estimate of drug-likeness (QED) is 0.314. The largest absolute Gasteiger partial charge is 0.279 e. The molecule has 3 aromatic rings. The summed E-state index contributed by atoms with van der Waals surface area (Å²) in [7, 11) is -3.73. The highest BCUT2D eigenvalue weighted by Gasteiger charge is 2.17. The van der Waals surface area contributed by atoms with Crippen LogP contribution in [0.3, 0.4) is 0 Å². The molecular formula is C26H30ClNO2S. The number of fused-ring (bicyclic) bond motifs is 1. The van der Waals surface area contributed by atoms with E-state index in [-0.39, 0.29) is 4.90 Å². The van der Waals surface area contributed by atoms with E-state index < -0.39 is 10.0 Å². The average molecular weight is 456 g/mol. The van der Waals surface area contributed by atoms with Gasteiger partial charge in [0, 0.05) is 10.4 Å². The first kappa shape index (κ1) is 23.4. The fourth-order valence-electron chi connectivity index (χ4n) is 3.71. The molecule has 1 N–H and O–H groups in total. The van der Waals surface area contributed by atoms with Crippen LogP contribution < -0.4 is 4.72 Å². The van der Waals surface area contributed by atoms with Crippen LogP contribution in [0.25, 0.3) is 16.3 Å². The summed E-state index contributed by atoms with van der Waals surface area (Å²) < 4.78 is 28.9. The molecule has 0 aliphatic heterocycles. The molecule has 0 atom stereocenters. The molecule has 3 rings (SSSR count). The van der Waals surface area contributed by atoms with Crippen LogP contribution >= 0.6 is 11.6 Å². The van der Waals surface area contributed by atoms with E-state index >= 15 is 0 Å². The number of allylic oxidation sites excluding steroid dienone is 2. The van der Waals surface area contributed by atoms with Gasteiger partial charge in [-0.15, -0.1) is 0 Å². The minimum atomic E-state index is -3.73. The van der Waals surface area contributed by atoms with Crippen molar-refractivity contribution >= 4 is 43.7 Å². The first-order valence-electron chi connectivity index (χ1n) is 11.0. The van der Waals surface area contributed by atoms with Crippen molar-refractivity contribution in [3.05, 3.63) is 77.3 Å². The van der Waals surface area contributed by atoms with Crippen LogP contribution in [0.1, 0.15) is 57.9 Å². The van der Waals surface area contributed by atoms with Crippen molar-refractivity contribution < 1.29 is 8.42 Å². The molecular weight excluding hydrogens is 426 g/mol. The van der Waals surface area contributed by atoms with Crippen molar-refractivity contribution in [2.24, 2.45) is 0 Å². The summed E-state index contributed by atoms with van der Waals surface area (Å²) in [5.74, 6) is 0. The summed E-state index contributed by atoms with van der Waals surface area (Å²) in [6.45, 7) is 4.39. The Balaban J connectivity index is 2.09. The molecule has 0 aromatic heterocycles. The molecule has 31 heavy (non-hydrogen) atoms. The van der Waals surface area contributed by atoms with E-state index in [0.717, 1.165) is 54.9 Å². The minimum absolute atomic E-state index is 0.191. The molecule has 0 heterocycles. The zero-order valence-electron chi connectivity index (χ0n) is 18.2. The van der Waals surface area contributed by atoms with Crippen molar-refractivity contribution in [3.8, 4) is 0 Å². The Bertz CT molecular complexity index is 1150. The van der Waals surface area contributed by atoms with Gasteiger partial charge < -0.3 is 0 Å². The van der Waals surface area contributed by atoms with Crippen LogP contribution in [0, 0.1) is 0 Å².